The highest BCUT2D eigenvalue weighted by Gasteiger charge is 2.21. The molecule has 0 aliphatic heterocycles. The zero-order chi connectivity index (χ0) is 21.3. The Morgan fingerprint density at radius 3 is 2.50 bits per heavy atom. The maximum atomic E-state index is 4.84. The minimum absolute atomic E-state index is 0.293. The molecule has 4 nitrogen and oxygen atoms in total. The lowest BCUT2D eigenvalue weighted by molar-refractivity contribution is 0.555. The molecule has 4 aromatic rings. The number of nitrogens with zero attached hydrogens (tertiary/aromatic N) is 4. The van der Waals surface area contributed by atoms with Crippen LogP contribution in [0.5, 0.6) is 0 Å². The third-order valence-corrected chi connectivity index (χ3v) is 7.95. The first-order valence-electron chi connectivity index (χ1n) is 10.1. The largest absolute Gasteiger partial charge is 0.299 e. The second-order valence-electron chi connectivity index (χ2n) is 7.61. The maximum Gasteiger partial charge on any atom is 0.192 e. The van der Waals surface area contributed by atoms with E-state index in [1.54, 1.807) is 34.4 Å². The molecule has 0 saturated carbocycles. The summed E-state index contributed by atoms with van der Waals surface area (Å²) in [5.74, 6) is 1.77. The van der Waals surface area contributed by atoms with Crippen molar-refractivity contribution in [2.75, 3.05) is 0 Å². The van der Waals surface area contributed by atoms with E-state index in [9.17, 15) is 0 Å². The van der Waals surface area contributed by atoms with E-state index in [1.807, 2.05) is 0 Å². The Morgan fingerprint density at radius 2 is 1.80 bits per heavy atom. The van der Waals surface area contributed by atoms with Gasteiger partial charge in [-0.15, -0.1) is 32.9 Å². The fourth-order valence-corrected chi connectivity index (χ4v) is 6.30. The van der Waals surface area contributed by atoms with E-state index in [1.165, 1.54) is 27.1 Å². The summed E-state index contributed by atoms with van der Waals surface area (Å²) in [6.45, 7) is 10.9. The predicted octanol–water partition coefficient (Wildman–Crippen LogP) is 7.18. The Kier molecular flexibility index (Phi) is 6.41. The second kappa shape index (κ2) is 9.04. The first kappa shape index (κ1) is 21.3. The standard InChI is InChI=1S/C23H26N4S3/c1-6-19-16(5)28-13-20(19)21-25-26-23(27(21)14(2)3)30-12-18-11-29-22(24-18)17-9-7-15(4)8-10-17/h7-11,13-14H,6,12H2,1-5H3. The highest BCUT2D eigenvalue weighted by Crippen LogP contribution is 2.35. The number of aromatic nitrogens is 4. The average molecular weight is 455 g/mol. The lowest BCUT2D eigenvalue weighted by Gasteiger charge is -2.14. The van der Waals surface area contributed by atoms with Crippen LogP contribution in [0.4, 0.5) is 0 Å². The molecule has 0 aliphatic carbocycles. The third kappa shape index (κ3) is 4.24. The molecule has 7 heteroatoms. The Bertz CT molecular complexity index is 1140. The number of thiazole rings is 1. The molecule has 3 heterocycles. The maximum absolute atomic E-state index is 4.84. The molecule has 0 atom stereocenters. The number of hydrogen-bond acceptors (Lipinski definition) is 6. The van der Waals surface area contributed by atoms with Crippen LogP contribution in [0.1, 0.15) is 48.5 Å². The van der Waals surface area contributed by atoms with Crippen molar-refractivity contribution in [2.24, 2.45) is 0 Å². The summed E-state index contributed by atoms with van der Waals surface area (Å²) in [5.41, 5.74) is 6.13. The number of aryl methyl sites for hydroxylation is 2. The van der Waals surface area contributed by atoms with Crippen LogP contribution in [0.15, 0.2) is 40.2 Å². The molecule has 0 spiro atoms. The van der Waals surface area contributed by atoms with Gasteiger partial charge in [0.1, 0.15) is 5.01 Å². The minimum Gasteiger partial charge on any atom is -0.299 e. The highest BCUT2D eigenvalue weighted by atomic mass is 32.2. The summed E-state index contributed by atoms with van der Waals surface area (Å²) >= 11 is 5.21. The van der Waals surface area contributed by atoms with Crippen molar-refractivity contribution in [3.05, 3.63) is 56.7 Å². The SMILES string of the molecule is CCc1c(-c2nnc(SCc3csc(-c4ccc(C)cc4)n3)n2C(C)C)csc1C. The van der Waals surface area contributed by atoms with Crippen LogP contribution in [-0.4, -0.2) is 19.7 Å². The second-order valence-corrected chi connectivity index (χ2v) is 10.5. The van der Waals surface area contributed by atoms with Gasteiger partial charge in [0.05, 0.1) is 5.69 Å². The van der Waals surface area contributed by atoms with Crippen molar-refractivity contribution in [2.45, 2.75) is 58.0 Å². The highest BCUT2D eigenvalue weighted by molar-refractivity contribution is 7.98. The van der Waals surface area contributed by atoms with Gasteiger partial charge in [-0.2, -0.15) is 0 Å². The van der Waals surface area contributed by atoms with Gasteiger partial charge in [0, 0.05) is 38.6 Å². The lowest BCUT2D eigenvalue weighted by Crippen LogP contribution is -2.05. The van der Waals surface area contributed by atoms with Crippen LogP contribution in [0, 0.1) is 13.8 Å². The van der Waals surface area contributed by atoms with Gasteiger partial charge in [-0.3, -0.25) is 4.57 Å². The van der Waals surface area contributed by atoms with Gasteiger partial charge >= 0.3 is 0 Å². The van der Waals surface area contributed by atoms with Crippen LogP contribution < -0.4 is 0 Å². The predicted molar refractivity (Wildman–Crippen MR) is 130 cm³/mol. The Balaban J connectivity index is 1.56. The van der Waals surface area contributed by atoms with Crippen LogP contribution in [-0.2, 0) is 12.2 Å². The third-order valence-electron chi connectivity index (χ3n) is 5.08. The van der Waals surface area contributed by atoms with Crippen molar-refractivity contribution < 1.29 is 0 Å². The molecule has 0 aliphatic rings. The van der Waals surface area contributed by atoms with Gasteiger partial charge in [-0.25, -0.2) is 4.98 Å². The Hall–Kier alpha value is -1.96. The normalized spacial score (nSPS) is 11.5. The molecular formula is C23H26N4S3. The number of rotatable bonds is 7. The van der Waals surface area contributed by atoms with Crippen molar-refractivity contribution >= 4 is 34.4 Å². The van der Waals surface area contributed by atoms with Gasteiger partial charge in [-0.1, -0.05) is 48.5 Å². The molecule has 0 saturated heterocycles. The van der Waals surface area contributed by atoms with Gasteiger partial charge in [0.15, 0.2) is 11.0 Å². The molecule has 0 fully saturated rings. The van der Waals surface area contributed by atoms with E-state index >= 15 is 0 Å². The first-order valence-corrected chi connectivity index (χ1v) is 12.9. The van der Waals surface area contributed by atoms with Crippen molar-refractivity contribution in [1.82, 2.24) is 19.7 Å². The zero-order valence-electron chi connectivity index (χ0n) is 18.0. The van der Waals surface area contributed by atoms with E-state index in [0.717, 1.165) is 33.9 Å². The van der Waals surface area contributed by atoms with E-state index in [0.29, 0.717) is 6.04 Å². The fraction of sp³-hybridized carbons (Fsp3) is 0.348. The zero-order valence-corrected chi connectivity index (χ0v) is 20.4. The molecule has 0 unspecified atom stereocenters. The summed E-state index contributed by atoms with van der Waals surface area (Å²) in [6, 6.07) is 8.84. The van der Waals surface area contributed by atoms with Gasteiger partial charge in [0.2, 0.25) is 0 Å². The number of hydrogen-bond donors (Lipinski definition) is 0. The molecular weight excluding hydrogens is 428 g/mol. The van der Waals surface area contributed by atoms with E-state index in [4.69, 9.17) is 4.98 Å². The first-order chi connectivity index (χ1) is 14.5. The number of benzene rings is 1. The van der Waals surface area contributed by atoms with Crippen LogP contribution in [0.3, 0.4) is 0 Å². The van der Waals surface area contributed by atoms with Gasteiger partial charge < -0.3 is 0 Å². The van der Waals surface area contributed by atoms with E-state index < -0.39 is 0 Å². The molecule has 4 rings (SSSR count). The molecule has 1 aromatic carbocycles. The van der Waals surface area contributed by atoms with Crippen LogP contribution in [0.25, 0.3) is 22.0 Å². The van der Waals surface area contributed by atoms with Crippen molar-refractivity contribution in [3.8, 4) is 22.0 Å². The monoisotopic (exact) mass is 454 g/mol. The fourth-order valence-electron chi connectivity index (χ4n) is 3.47. The molecule has 30 heavy (non-hydrogen) atoms. The molecule has 3 aromatic heterocycles. The summed E-state index contributed by atoms with van der Waals surface area (Å²) in [7, 11) is 0. The molecule has 0 bridgehead atoms. The minimum atomic E-state index is 0.293. The molecule has 0 amide bonds. The summed E-state index contributed by atoms with van der Waals surface area (Å²) in [4.78, 5) is 6.20. The number of thioether (sulfide) groups is 1. The summed E-state index contributed by atoms with van der Waals surface area (Å²) in [5, 5.41) is 15.5. The smallest absolute Gasteiger partial charge is 0.192 e. The molecule has 0 N–H and O–H groups in total. The van der Waals surface area contributed by atoms with Crippen molar-refractivity contribution in [3.63, 3.8) is 0 Å². The van der Waals surface area contributed by atoms with Crippen LogP contribution in [0.2, 0.25) is 0 Å². The van der Waals surface area contributed by atoms with E-state index in [-0.39, 0.29) is 0 Å². The number of thiophene rings is 1. The summed E-state index contributed by atoms with van der Waals surface area (Å²) in [6.07, 6.45) is 1.01. The summed E-state index contributed by atoms with van der Waals surface area (Å²) < 4.78 is 2.26. The van der Waals surface area contributed by atoms with Crippen molar-refractivity contribution in [1.29, 1.82) is 0 Å². The average Bonchev–Trinajstić information content (AvgIpc) is 3.44. The van der Waals surface area contributed by atoms with E-state index in [2.05, 4.69) is 84.4 Å². The quantitative estimate of drug-likeness (QED) is 0.277. The van der Waals surface area contributed by atoms with Gasteiger partial charge in [-0.05, 0) is 39.7 Å². The molecule has 0 radical (unpaired) electrons. The molecule has 156 valence electrons. The Morgan fingerprint density at radius 1 is 1.03 bits per heavy atom. The lowest BCUT2D eigenvalue weighted by atomic mass is 10.1. The van der Waals surface area contributed by atoms with Gasteiger partial charge in [0.25, 0.3) is 0 Å². The van der Waals surface area contributed by atoms with Crippen LogP contribution >= 0.6 is 34.4 Å². The Labute approximate surface area is 190 Å². The topological polar surface area (TPSA) is 43.6 Å².